The molecule has 6 nitrogen and oxygen atoms in total. The molecule has 1 amide bonds. The van der Waals surface area contributed by atoms with Gasteiger partial charge >= 0.3 is 6.18 Å². The summed E-state index contributed by atoms with van der Waals surface area (Å²) in [7, 11) is 1.53. The lowest BCUT2D eigenvalue weighted by Gasteiger charge is -2.25. The summed E-state index contributed by atoms with van der Waals surface area (Å²) in [6, 6.07) is 18.8. The highest BCUT2D eigenvalue weighted by atomic mass is 35.5. The Morgan fingerprint density at radius 1 is 0.860 bits per heavy atom. The summed E-state index contributed by atoms with van der Waals surface area (Å²) in [5.41, 5.74) is 1.21. The van der Waals surface area contributed by atoms with E-state index in [0.717, 1.165) is 0 Å². The second-order valence-electron chi connectivity index (χ2n) is 10.4. The molecule has 3 atom stereocenters. The molecule has 3 rings (SSSR count). The van der Waals surface area contributed by atoms with Crippen LogP contribution in [0.15, 0.2) is 72.8 Å². The lowest BCUT2D eigenvalue weighted by molar-refractivity contribution is -0.177. The highest BCUT2D eigenvalue weighted by Gasteiger charge is 2.45. The number of nitrogens with one attached hydrogen (secondary N) is 1. The van der Waals surface area contributed by atoms with Crippen molar-refractivity contribution < 1.29 is 37.0 Å². The number of carbonyl (C=O) groups is 3. The van der Waals surface area contributed by atoms with Crippen molar-refractivity contribution in [3.05, 3.63) is 94.0 Å². The van der Waals surface area contributed by atoms with Crippen molar-refractivity contribution in [3.8, 4) is 11.5 Å². The minimum absolute atomic E-state index is 0.0406. The van der Waals surface area contributed by atoms with E-state index in [2.05, 4.69) is 5.32 Å². The smallest absolute Gasteiger partial charge is 0.450 e. The number of amides is 1. The first-order valence-electron chi connectivity index (χ1n) is 13.5. The zero-order chi connectivity index (χ0) is 31.7. The van der Waals surface area contributed by atoms with Gasteiger partial charge in [0, 0.05) is 22.4 Å². The number of methoxy groups -OCH3 is 1. The van der Waals surface area contributed by atoms with Crippen molar-refractivity contribution in [1.29, 1.82) is 0 Å². The van der Waals surface area contributed by atoms with Crippen LogP contribution in [0, 0.1) is 11.8 Å². The predicted octanol–water partition coefficient (Wildman–Crippen LogP) is 7.60. The van der Waals surface area contributed by atoms with E-state index in [1.165, 1.54) is 21.0 Å². The van der Waals surface area contributed by atoms with Crippen molar-refractivity contribution in [2.75, 3.05) is 7.11 Å². The molecule has 0 radical (unpaired) electrons. The van der Waals surface area contributed by atoms with Crippen LogP contribution in [0.3, 0.4) is 0 Å². The molecule has 3 aromatic rings. The molecule has 11 heteroatoms. The number of halogens is 5. The molecule has 0 saturated heterocycles. The minimum atomic E-state index is -5.09. The third-order valence-corrected chi connectivity index (χ3v) is 7.33. The molecule has 1 unspecified atom stereocenters. The van der Waals surface area contributed by atoms with E-state index in [0.29, 0.717) is 32.7 Å². The van der Waals surface area contributed by atoms with Gasteiger partial charge in [-0.3, -0.25) is 14.4 Å². The number of ketones is 2. The molecule has 0 saturated carbocycles. The number of hydrogen-bond donors (Lipinski definition) is 1. The Morgan fingerprint density at radius 3 is 2.05 bits per heavy atom. The summed E-state index contributed by atoms with van der Waals surface area (Å²) in [5, 5.41) is 3.54. The van der Waals surface area contributed by atoms with Crippen LogP contribution < -0.4 is 14.8 Å². The number of ether oxygens (including phenoxy) is 2. The van der Waals surface area contributed by atoms with E-state index >= 15 is 0 Å². The van der Waals surface area contributed by atoms with Gasteiger partial charge < -0.3 is 14.8 Å². The molecule has 230 valence electrons. The Labute approximate surface area is 258 Å². The zero-order valence-electron chi connectivity index (χ0n) is 23.8. The maximum atomic E-state index is 13.4. The van der Waals surface area contributed by atoms with E-state index in [1.807, 2.05) is 0 Å². The van der Waals surface area contributed by atoms with Crippen LogP contribution >= 0.6 is 23.2 Å². The Kier molecular flexibility index (Phi) is 12.0. The van der Waals surface area contributed by atoms with Crippen LogP contribution in [0.2, 0.25) is 10.0 Å². The van der Waals surface area contributed by atoms with Gasteiger partial charge in [0.05, 0.1) is 19.6 Å². The number of alkyl halides is 3. The second-order valence-corrected chi connectivity index (χ2v) is 11.2. The van der Waals surface area contributed by atoms with Crippen LogP contribution in [0.1, 0.15) is 43.9 Å². The van der Waals surface area contributed by atoms with Crippen LogP contribution in [-0.2, 0) is 20.8 Å². The molecule has 0 aliphatic heterocycles. The molecule has 43 heavy (non-hydrogen) atoms. The van der Waals surface area contributed by atoms with Gasteiger partial charge in [-0.05, 0) is 72.0 Å². The monoisotopic (exact) mass is 637 g/mol. The minimum Gasteiger partial charge on any atom is -0.497 e. The van der Waals surface area contributed by atoms with Crippen molar-refractivity contribution in [1.82, 2.24) is 5.32 Å². The molecule has 0 heterocycles. The summed E-state index contributed by atoms with van der Waals surface area (Å²) in [5.74, 6) is -4.55. The average Bonchev–Trinajstić information content (AvgIpc) is 2.95. The van der Waals surface area contributed by atoms with Gasteiger partial charge in [-0.15, -0.1) is 0 Å². The van der Waals surface area contributed by atoms with E-state index in [1.54, 1.807) is 72.8 Å². The van der Waals surface area contributed by atoms with Gasteiger partial charge in [-0.2, -0.15) is 13.2 Å². The van der Waals surface area contributed by atoms with Crippen LogP contribution in [0.5, 0.6) is 11.5 Å². The summed E-state index contributed by atoms with van der Waals surface area (Å²) in [6.07, 6.45) is -6.86. The van der Waals surface area contributed by atoms with Gasteiger partial charge in [0.1, 0.15) is 17.6 Å². The number of carbonyl (C=O) groups excluding carboxylic acids is 3. The first kappa shape index (κ1) is 33.9. The van der Waals surface area contributed by atoms with Crippen LogP contribution in [0.25, 0.3) is 0 Å². The highest BCUT2D eigenvalue weighted by molar-refractivity contribution is 6.30. The van der Waals surface area contributed by atoms with Crippen molar-refractivity contribution >= 4 is 40.7 Å². The molecule has 0 aliphatic rings. The summed E-state index contributed by atoms with van der Waals surface area (Å²) in [4.78, 5) is 39.0. The fourth-order valence-electron chi connectivity index (χ4n) is 4.49. The summed E-state index contributed by atoms with van der Waals surface area (Å²) < 4.78 is 51.2. The standard InChI is InChI=1S/C32H32Cl2F3NO5/c1-19(2)26(31(41)32(35,36)37)17-28(39)27(16-20-5-4-6-23(34)15-20)38-30(40)18-29(21-7-9-22(33)10-8-21)43-25-13-11-24(42-3)12-14-25/h4-15,19,26-27,29H,16-18H2,1-3H3,(H,38,40)/t26-,27-,29?/m0/s1. The topological polar surface area (TPSA) is 81.7 Å². The van der Waals surface area contributed by atoms with Crippen molar-refractivity contribution in [3.63, 3.8) is 0 Å². The molecule has 1 N–H and O–H groups in total. The van der Waals surface area contributed by atoms with Crippen LogP contribution in [0.4, 0.5) is 13.2 Å². The Balaban J connectivity index is 1.86. The Morgan fingerprint density at radius 2 is 1.49 bits per heavy atom. The molecule has 0 spiro atoms. The van der Waals surface area contributed by atoms with Crippen molar-refractivity contribution in [2.24, 2.45) is 11.8 Å². The predicted molar refractivity (Wildman–Crippen MR) is 159 cm³/mol. The number of benzene rings is 3. The van der Waals surface area contributed by atoms with E-state index in [9.17, 15) is 27.6 Å². The maximum Gasteiger partial charge on any atom is 0.450 e. The summed E-state index contributed by atoms with van der Waals surface area (Å²) in [6.45, 7) is 2.89. The molecule has 3 aromatic carbocycles. The summed E-state index contributed by atoms with van der Waals surface area (Å²) >= 11 is 12.1. The maximum absolute atomic E-state index is 13.4. The molecular weight excluding hydrogens is 606 g/mol. The Bertz CT molecular complexity index is 1400. The quantitative estimate of drug-likeness (QED) is 0.197. The first-order chi connectivity index (χ1) is 20.3. The first-order valence-corrected chi connectivity index (χ1v) is 14.3. The van der Waals surface area contributed by atoms with Gasteiger partial charge in [0.25, 0.3) is 0 Å². The molecule has 0 fully saturated rings. The second kappa shape index (κ2) is 15.3. The van der Waals surface area contributed by atoms with Gasteiger partial charge in [-0.1, -0.05) is 61.3 Å². The normalized spacial score (nSPS) is 13.6. The lowest BCUT2D eigenvalue weighted by Crippen LogP contribution is -2.45. The fourth-order valence-corrected chi connectivity index (χ4v) is 4.83. The van der Waals surface area contributed by atoms with E-state index in [-0.39, 0.29) is 12.8 Å². The SMILES string of the molecule is COc1ccc(OC(CC(=O)N[C@@H](Cc2cccc(Cl)c2)C(=O)C[C@H](C(=O)C(F)(F)F)C(C)C)c2ccc(Cl)cc2)cc1. The van der Waals surface area contributed by atoms with Crippen molar-refractivity contribution in [2.45, 2.75) is 51.4 Å². The highest BCUT2D eigenvalue weighted by Crippen LogP contribution is 2.30. The largest absolute Gasteiger partial charge is 0.497 e. The third-order valence-electron chi connectivity index (χ3n) is 6.85. The molecule has 0 aromatic heterocycles. The molecule has 0 aliphatic carbocycles. The number of rotatable bonds is 14. The van der Waals surface area contributed by atoms with E-state index in [4.69, 9.17) is 32.7 Å². The van der Waals surface area contributed by atoms with Gasteiger partial charge in [0.2, 0.25) is 11.7 Å². The number of hydrogen-bond acceptors (Lipinski definition) is 5. The number of Topliss-reactive ketones (excluding diaryl/α,β-unsaturated/α-hetero) is 2. The van der Waals surface area contributed by atoms with Gasteiger partial charge in [0.15, 0.2) is 5.78 Å². The van der Waals surface area contributed by atoms with Crippen LogP contribution in [-0.4, -0.2) is 36.8 Å². The fraction of sp³-hybridized carbons (Fsp3) is 0.344. The average molecular weight is 639 g/mol. The Hall–Kier alpha value is -3.56. The lowest BCUT2D eigenvalue weighted by atomic mass is 9.84. The van der Waals surface area contributed by atoms with E-state index < -0.39 is 54.1 Å². The zero-order valence-corrected chi connectivity index (χ0v) is 25.3. The molecule has 0 bridgehead atoms. The third kappa shape index (κ3) is 10.3. The molecular formula is C32H32Cl2F3NO5. The van der Waals surface area contributed by atoms with Gasteiger partial charge in [-0.25, -0.2) is 0 Å².